The molecule has 3 aromatic rings. The van der Waals surface area contributed by atoms with E-state index in [-0.39, 0.29) is 6.04 Å². The minimum absolute atomic E-state index is 0.259. The van der Waals surface area contributed by atoms with Crippen LogP contribution in [0.2, 0.25) is 0 Å². The molecule has 0 amide bonds. The number of rotatable bonds is 8. The standard InChI is InChI=1S/C26H29BrN2O2/c27-23-11-13-25(14-12-23)31-20-24(30)19-28-15-17-29(18-16-28)26(21-7-3-1-4-8-21)22-9-5-2-6-10-22/h1-14,24,26,30H,15-20H2/t24-/m1/s1. The van der Waals surface area contributed by atoms with Gasteiger partial charge in [0.25, 0.3) is 0 Å². The van der Waals surface area contributed by atoms with Crippen molar-refractivity contribution in [2.45, 2.75) is 12.1 Å². The quantitative estimate of drug-likeness (QED) is 0.511. The summed E-state index contributed by atoms with van der Waals surface area (Å²) in [5.74, 6) is 0.778. The van der Waals surface area contributed by atoms with Crippen LogP contribution in [0.15, 0.2) is 89.4 Å². The van der Waals surface area contributed by atoms with Crippen molar-refractivity contribution in [3.8, 4) is 5.75 Å². The highest BCUT2D eigenvalue weighted by Crippen LogP contribution is 2.29. The summed E-state index contributed by atoms with van der Waals surface area (Å²) in [7, 11) is 0. The van der Waals surface area contributed by atoms with Crippen molar-refractivity contribution in [1.29, 1.82) is 0 Å². The fourth-order valence-corrected chi connectivity index (χ4v) is 4.43. The van der Waals surface area contributed by atoms with Crippen molar-refractivity contribution < 1.29 is 9.84 Å². The number of ether oxygens (including phenoxy) is 1. The van der Waals surface area contributed by atoms with Gasteiger partial charge in [0.15, 0.2) is 0 Å². The van der Waals surface area contributed by atoms with Crippen LogP contribution in [0.1, 0.15) is 17.2 Å². The summed E-state index contributed by atoms with van der Waals surface area (Å²) < 4.78 is 6.75. The van der Waals surface area contributed by atoms with Crippen LogP contribution >= 0.6 is 15.9 Å². The minimum atomic E-state index is -0.505. The molecule has 1 aliphatic heterocycles. The number of halogens is 1. The summed E-state index contributed by atoms with van der Waals surface area (Å²) in [6.45, 7) is 4.74. The highest BCUT2D eigenvalue weighted by Gasteiger charge is 2.27. The first-order chi connectivity index (χ1) is 15.2. The van der Waals surface area contributed by atoms with Gasteiger partial charge in [0, 0.05) is 37.2 Å². The van der Waals surface area contributed by atoms with Crippen LogP contribution in [0, 0.1) is 0 Å². The maximum Gasteiger partial charge on any atom is 0.119 e. The number of hydrogen-bond acceptors (Lipinski definition) is 4. The lowest BCUT2D eigenvalue weighted by Crippen LogP contribution is -2.50. The van der Waals surface area contributed by atoms with E-state index >= 15 is 0 Å². The van der Waals surface area contributed by atoms with Gasteiger partial charge < -0.3 is 9.84 Å². The maximum absolute atomic E-state index is 10.5. The number of aliphatic hydroxyl groups is 1. The number of aliphatic hydroxyl groups excluding tert-OH is 1. The molecule has 1 atom stereocenters. The Balaban J connectivity index is 1.32. The molecule has 31 heavy (non-hydrogen) atoms. The first-order valence-electron chi connectivity index (χ1n) is 10.8. The molecule has 0 saturated carbocycles. The highest BCUT2D eigenvalue weighted by atomic mass is 79.9. The minimum Gasteiger partial charge on any atom is -0.491 e. The summed E-state index contributed by atoms with van der Waals surface area (Å²) in [6.07, 6.45) is -0.505. The zero-order chi connectivity index (χ0) is 21.5. The molecule has 1 aliphatic rings. The third kappa shape index (κ3) is 6.17. The summed E-state index contributed by atoms with van der Waals surface area (Å²) in [5, 5.41) is 10.5. The van der Waals surface area contributed by atoms with Crippen LogP contribution in [0.3, 0.4) is 0 Å². The van der Waals surface area contributed by atoms with Crippen molar-refractivity contribution in [2.24, 2.45) is 0 Å². The number of nitrogens with zero attached hydrogens (tertiary/aromatic N) is 2. The van der Waals surface area contributed by atoms with E-state index in [2.05, 4.69) is 86.4 Å². The fourth-order valence-electron chi connectivity index (χ4n) is 4.16. The lowest BCUT2D eigenvalue weighted by molar-refractivity contribution is 0.0401. The summed E-state index contributed by atoms with van der Waals surface area (Å²) in [5.41, 5.74) is 2.65. The van der Waals surface area contributed by atoms with Crippen molar-refractivity contribution in [3.63, 3.8) is 0 Å². The Hall–Kier alpha value is -2.18. The van der Waals surface area contributed by atoms with Gasteiger partial charge in [-0.05, 0) is 35.4 Å². The largest absolute Gasteiger partial charge is 0.491 e. The molecule has 0 spiro atoms. The van der Waals surface area contributed by atoms with Gasteiger partial charge in [-0.15, -0.1) is 0 Å². The average Bonchev–Trinajstić information content (AvgIpc) is 2.81. The third-order valence-electron chi connectivity index (χ3n) is 5.73. The lowest BCUT2D eigenvalue weighted by atomic mass is 9.96. The molecular formula is C26H29BrN2O2. The first kappa shape index (κ1) is 22.0. The lowest BCUT2D eigenvalue weighted by Gasteiger charge is -2.40. The summed E-state index contributed by atoms with van der Waals surface area (Å²) >= 11 is 3.42. The van der Waals surface area contributed by atoms with Gasteiger partial charge in [-0.1, -0.05) is 76.6 Å². The van der Waals surface area contributed by atoms with E-state index < -0.39 is 6.10 Å². The fraction of sp³-hybridized carbons (Fsp3) is 0.308. The number of hydrogen-bond donors (Lipinski definition) is 1. The number of piperazine rings is 1. The molecule has 3 aromatic carbocycles. The van der Waals surface area contributed by atoms with E-state index in [9.17, 15) is 5.11 Å². The SMILES string of the molecule is O[C@@H](COc1ccc(Br)cc1)CN1CCN(C(c2ccccc2)c2ccccc2)CC1. The maximum atomic E-state index is 10.5. The normalized spacial score (nSPS) is 16.4. The van der Waals surface area contributed by atoms with E-state index in [0.717, 1.165) is 36.4 Å². The van der Waals surface area contributed by atoms with Gasteiger partial charge in [-0.2, -0.15) is 0 Å². The van der Waals surface area contributed by atoms with E-state index in [1.54, 1.807) is 0 Å². The second-order valence-electron chi connectivity index (χ2n) is 7.98. The average molecular weight is 481 g/mol. The molecule has 1 N–H and O–H groups in total. The first-order valence-corrected chi connectivity index (χ1v) is 11.6. The predicted molar refractivity (Wildman–Crippen MR) is 128 cm³/mol. The van der Waals surface area contributed by atoms with Gasteiger partial charge in [-0.3, -0.25) is 9.80 Å². The van der Waals surface area contributed by atoms with Crippen LogP contribution in [0.5, 0.6) is 5.75 Å². The van der Waals surface area contributed by atoms with Crippen molar-refractivity contribution in [2.75, 3.05) is 39.3 Å². The zero-order valence-electron chi connectivity index (χ0n) is 17.6. The van der Waals surface area contributed by atoms with Gasteiger partial charge >= 0.3 is 0 Å². The Bertz CT molecular complexity index is 874. The second kappa shape index (κ2) is 10.9. The molecular weight excluding hydrogens is 452 g/mol. The van der Waals surface area contributed by atoms with Crippen molar-refractivity contribution >= 4 is 15.9 Å². The van der Waals surface area contributed by atoms with Crippen molar-refractivity contribution in [1.82, 2.24) is 9.80 Å². The van der Waals surface area contributed by atoms with E-state index in [0.29, 0.717) is 13.2 Å². The van der Waals surface area contributed by atoms with Crippen LogP contribution in [-0.4, -0.2) is 60.3 Å². The van der Waals surface area contributed by atoms with E-state index in [1.165, 1.54) is 11.1 Å². The smallest absolute Gasteiger partial charge is 0.119 e. The van der Waals surface area contributed by atoms with Gasteiger partial charge in [0.2, 0.25) is 0 Å². The van der Waals surface area contributed by atoms with Crippen LogP contribution in [0.25, 0.3) is 0 Å². The molecule has 0 bridgehead atoms. The molecule has 4 rings (SSSR count). The molecule has 0 unspecified atom stereocenters. The Morgan fingerprint density at radius 3 is 1.87 bits per heavy atom. The highest BCUT2D eigenvalue weighted by molar-refractivity contribution is 9.10. The van der Waals surface area contributed by atoms with Gasteiger partial charge in [-0.25, -0.2) is 0 Å². The Labute approximate surface area is 193 Å². The molecule has 1 fully saturated rings. The molecule has 162 valence electrons. The summed E-state index contributed by atoms with van der Waals surface area (Å²) in [4.78, 5) is 4.88. The molecule has 0 aromatic heterocycles. The Kier molecular flexibility index (Phi) is 7.76. The van der Waals surface area contributed by atoms with Crippen LogP contribution < -0.4 is 4.74 Å². The topological polar surface area (TPSA) is 35.9 Å². The number of β-amino-alcohol motifs (C(OH)–C–C–N with tert-alkyl or cyclic N) is 1. The zero-order valence-corrected chi connectivity index (χ0v) is 19.2. The molecule has 1 heterocycles. The Morgan fingerprint density at radius 1 is 0.774 bits per heavy atom. The van der Waals surface area contributed by atoms with Gasteiger partial charge in [0.1, 0.15) is 18.5 Å². The monoisotopic (exact) mass is 480 g/mol. The van der Waals surface area contributed by atoms with Crippen molar-refractivity contribution in [3.05, 3.63) is 101 Å². The van der Waals surface area contributed by atoms with Crippen LogP contribution in [0.4, 0.5) is 0 Å². The molecule has 1 saturated heterocycles. The molecule has 0 radical (unpaired) electrons. The number of benzene rings is 3. The Morgan fingerprint density at radius 2 is 1.32 bits per heavy atom. The third-order valence-corrected chi connectivity index (χ3v) is 6.26. The van der Waals surface area contributed by atoms with Crippen LogP contribution in [-0.2, 0) is 0 Å². The van der Waals surface area contributed by atoms with E-state index in [4.69, 9.17) is 4.74 Å². The second-order valence-corrected chi connectivity index (χ2v) is 8.89. The predicted octanol–water partition coefficient (Wildman–Crippen LogP) is 4.60. The molecule has 4 nitrogen and oxygen atoms in total. The van der Waals surface area contributed by atoms with E-state index in [1.807, 2.05) is 24.3 Å². The molecule has 0 aliphatic carbocycles. The summed E-state index contributed by atoms with van der Waals surface area (Å²) in [6, 6.07) is 29.4. The van der Waals surface area contributed by atoms with Gasteiger partial charge in [0.05, 0.1) is 6.04 Å². The molecule has 5 heteroatoms.